The normalized spacial score (nSPS) is 14.1. The molecule has 0 saturated heterocycles. The van der Waals surface area contributed by atoms with Gasteiger partial charge in [-0.05, 0) is 67.3 Å². The van der Waals surface area contributed by atoms with E-state index in [1.54, 1.807) is 47.4 Å². The van der Waals surface area contributed by atoms with E-state index in [-0.39, 0.29) is 23.4 Å². The molecule has 234 valence electrons. The summed E-state index contributed by atoms with van der Waals surface area (Å²) in [6.07, 6.45) is 4.21. The van der Waals surface area contributed by atoms with Gasteiger partial charge >= 0.3 is 0 Å². The van der Waals surface area contributed by atoms with Crippen LogP contribution in [0, 0.1) is 6.92 Å². The number of nitrogens with one attached hydrogen (secondary N) is 1. The minimum Gasteiger partial charge on any atom is -0.352 e. The molecule has 1 aliphatic carbocycles. The number of carbonyl (C=O) groups excluding carboxylic acids is 2. The summed E-state index contributed by atoms with van der Waals surface area (Å²) < 4.78 is 30.0. The number of nitrogens with zero attached hydrogens (tertiary/aromatic N) is 2. The molecule has 9 heteroatoms. The number of hydrogen-bond acceptors (Lipinski definition) is 4. The van der Waals surface area contributed by atoms with Crippen molar-refractivity contribution in [2.45, 2.75) is 62.6 Å². The molecule has 4 aromatic carbocycles. The van der Waals surface area contributed by atoms with Gasteiger partial charge in [-0.1, -0.05) is 107 Å². The maximum atomic E-state index is 14.6. The summed E-state index contributed by atoms with van der Waals surface area (Å²) in [4.78, 5) is 30.3. The zero-order chi connectivity index (χ0) is 31.8. The van der Waals surface area contributed by atoms with Crippen molar-refractivity contribution in [1.82, 2.24) is 10.2 Å². The average molecular weight is 689 g/mol. The van der Waals surface area contributed by atoms with Gasteiger partial charge in [0.1, 0.15) is 12.6 Å². The molecule has 0 unspecified atom stereocenters. The highest BCUT2D eigenvalue weighted by Crippen LogP contribution is 2.27. The molecule has 0 heterocycles. The lowest BCUT2D eigenvalue weighted by molar-refractivity contribution is -0.140. The van der Waals surface area contributed by atoms with Gasteiger partial charge in [0.2, 0.25) is 11.8 Å². The van der Waals surface area contributed by atoms with Crippen LogP contribution in [0.25, 0.3) is 0 Å². The Labute approximate surface area is 274 Å². The van der Waals surface area contributed by atoms with Crippen LogP contribution in [0.4, 0.5) is 5.69 Å². The summed E-state index contributed by atoms with van der Waals surface area (Å²) in [7, 11) is -4.13. The number of amides is 2. The Hall–Kier alpha value is -3.95. The zero-order valence-electron chi connectivity index (χ0n) is 25.3. The molecule has 1 fully saturated rings. The second kappa shape index (κ2) is 14.9. The first-order chi connectivity index (χ1) is 21.7. The van der Waals surface area contributed by atoms with E-state index >= 15 is 0 Å². The van der Waals surface area contributed by atoms with Gasteiger partial charge in [-0.2, -0.15) is 0 Å². The molecular weight excluding hydrogens is 650 g/mol. The highest BCUT2D eigenvalue weighted by Gasteiger charge is 2.35. The number of hydrogen-bond donors (Lipinski definition) is 1. The standard InChI is InChI=1S/C36H38BrN3O4S/c1-27-11-10-14-29(23-27)25-39(34(24-28-12-4-2-5-13-28)36(42)38-31-15-8-9-16-31)35(41)26-40(32-21-19-30(37)20-22-32)45(43,44)33-17-6-3-7-18-33/h2-7,10-14,17-23,31,34H,8-9,15-16,24-26H2,1H3,(H,38,42)/t34-/m1/s1. The number of anilines is 1. The Morgan fingerprint density at radius 3 is 2.11 bits per heavy atom. The lowest BCUT2D eigenvalue weighted by Gasteiger charge is -2.34. The van der Waals surface area contributed by atoms with Gasteiger partial charge in [0, 0.05) is 23.5 Å². The maximum absolute atomic E-state index is 14.6. The van der Waals surface area contributed by atoms with Crippen molar-refractivity contribution >= 4 is 43.5 Å². The van der Waals surface area contributed by atoms with Crippen LogP contribution in [0.1, 0.15) is 42.4 Å². The zero-order valence-corrected chi connectivity index (χ0v) is 27.7. The fraction of sp³-hybridized carbons (Fsp3) is 0.278. The van der Waals surface area contributed by atoms with Crippen LogP contribution in [-0.4, -0.2) is 43.8 Å². The van der Waals surface area contributed by atoms with Crippen molar-refractivity contribution in [2.24, 2.45) is 0 Å². The largest absolute Gasteiger partial charge is 0.352 e. The van der Waals surface area contributed by atoms with E-state index < -0.39 is 28.5 Å². The first-order valence-electron chi connectivity index (χ1n) is 15.2. The molecule has 0 bridgehead atoms. The number of rotatable bonds is 12. The summed E-state index contributed by atoms with van der Waals surface area (Å²) >= 11 is 3.42. The number of aryl methyl sites for hydroxylation is 1. The summed E-state index contributed by atoms with van der Waals surface area (Å²) in [5, 5.41) is 3.21. The SMILES string of the molecule is Cc1cccc(CN(C(=O)CN(c2ccc(Br)cc2)S(=O)(=O)c2ccccc2)[C@H](Cc2ccccc2)C(=O)NC2CCCC2)c1. The highest BCUT2D eigenvalue weighted by atomic mass is 79.9. The summed E-state index contributed by atoms with van der Waals surface area (Å²) in [5.74, 6) is -0.700. The molecular formula is C36H38BrN3O4S. The van der Waals surface area contributed by atoms with Crippen molar-refractivity contribution in [3.05, 3.63) is 130 Å². The van der Waals surface area contributed by atoms with Crippen molar-refractivity contribution in [3.63, 3.8) is 0 Å². The number of benzene rings is 4. The highest BCUT2D eigenvalue weighted by molar-refractivity contribution is 9.10. The molecule has 1 aliphatic rings. The van der Waals surface area contributed by atoms with E-state index in [9.17, 15) is 18.0 Å². The third-order valence-corrected chi connectivity index (χ3v) is 10.4. The molecule has 1 atom stereocenters. The Kier molecular flexibility index (Phi) is 10.7. The van der Waals surface area contributed by atoms with Crippen LogP contribution in [0.15, 0.2) is 119 Å². The number of halogens is 1. The van der Waals surface area contributed by atoms with Crippen LogP contribution in [-0.2, 0) is 32.6 Å². The Morgan fingerprint density at radius 2 is 1.47 bits per heavy atom. The molecule has 0 spiro atoms. The fourth-order valence-electron chi connectivity index (χ4n) is 5.78. The van der Waals surface area contributed by atoms with E-state index in [0.717, 1.165) is 51.2 Å². The Bertz CT molecular complexity index is 1690. The second-order valence-corrected chi connectivity index (χ2v) is 14.3. The van der Waals surface area contributed by atoms with E-state index in [0.29, 0.717) is 12.1 Å². The molecule has 0 aromatic heterocycles. The monoisotopic (exact) mass is 687 g/mol. The molecule has 0 aliphatic heterocycles. The van der Waals surface area contributed by atoms with Crippen LogP contribution in [0.2, 0.25) is 0 Å². The van der Waals surface area contributed by atoms with E-state index in [2.05, 4.69) is 21.2 Å². The number of carbonyl (C=O) groups is 2. The average Bonchev–Trinajstić information content (AvgIpc) is 3.56. The van der Waals surface area contributed by atoms with Crippen molar-refractivity contribution in [1.29, 1.82) is 0 Å². The minimum atomic E-state index is -4.13. The third-order valence-electron chi connectivity index (χ3n) is 8.13. The second-order valence-electron chi connectivity index (χ2n) is 11.5. The lowest BCUT2D eigenvalue weighted by Crippen LogP contribution is -2.54. The quantitative estimate of drug-likeness (QED) is 0.181. The maximum Gasteiger partial charge on any atom is 0.264 e. The van der Waals surface area contributed by atoms with Gasteiger partial charge in [0.15, 0.2) is 0 Å². The molecule has 2 amide bonds. The number of sulfonamides is 1. The first-order valence-corrected chi connectivity index (χ1v) is 17.5. The lowest BCUT2D eigenvalue weighted by atomic mass is 10.0. The molecule has 5 rings (SSSR count). The van der Waals surface area contributed by atoms with Gasteiger partial charge in [-0.15, -0.1) is 0 Å². The van der Waals surface area contributed by atoms with Crippen LogP contribution >= 0.6 is 15.9 Å². The fourth-order valence-corrected chi connectivity index (χ4v) is 7.48. The summed E-state index contributed by atoms with van der Waals surface area (Å²) in [5.41, 5.74) is 3.14. The Balaban J connectivity index is 1.56. The van der Waals surface area contributed by atoms with E-state index in [1.807, 2.05) is 61.5 Å². The molecule has 4 aromatic rings. The van der Waals surface area contributed by atoms with E-state index in [1.165, 1.54) is 12.1 Å². The molecule has 45 heavy (non-hydrogen) atoms. The van der Waals surface area contributed by atoms with E-state index in [4.69, 9.17) is 0 Å². The molecule has 1 saturated carbocycles. The molecule has 1 N–H and O–H groups in total. The van der Waals surface area contributed by atoms with Gasteiger partial charge in [0.25, 0.3) is 10.0 Å². The molecule has 7 nitrogen and oxygen atoms in total. The van der Waals surface area contributed by atoms with Crippen molar-refractivity contribution in [2.75, 3.05) is 10.8 Å². The summed E-state index contributed by atoms with van der Waals surface area (Å²) in [6, 6.07) is 31.5. The topological polar surface area (TPSA) is 86.8 Å². The van der Waals surface area contributed by atoms with Crippen LogP contribution in [0.5, 0.6) is 0 Å². The van der Waals surface area contributed by atoms with Gasteiger partial charge < -0.3 is 10.2 Å². The van der Waals surface area contributed by atoms with Crippen molar-refractivity contribution < 1.29 is 18.0 Å². The smallest absolute Gasteiger partial charge is 0.264 e. The van der Waals surface area contributed by atoms with Gasteiger partial charge in [-0.3, -0.25) is 13.9 Å². The minimum absolute atomic E-state index is 0.0596. The van der Waals surface area contributed by atoms with Crippen LogP contribution < -0.4 is 9.62 Å². The predicted octanol–water partition coefficient (Wildman–Crippen LogP) is 6.65. The van der Waals surface area contributed by atoms with Gasteiger partial charge in [0.05, 0.1) is 10.6 Å². The Morgan fingerprint density at radius 1 is 0.844 bits per heavy atom. The third kappa shape index (κ3) is 8.41. The first kappa shape index (κ1) is 32.4. The van der Waals surface area contributed by atoms with Crippen LogP contribution in [0.3, 0.4) is 0 Å². The molecule has 0 radical (unpaired) electrons. The predicted molar refractivity (Wildman–Crippen MR) is 181 cm³/mol. The van der Waals surface area contributed by atoms with Crippen molar-refractivity contribution in [3.8, 4) is 0 Å². The van der Waals surface area contributed by atoms with Gasteiger partial charge in [-0.25, -0.2) is 8.42 Å². The summed E-state index contributed by atoms with van der Waals surface area (Å²) in [6.45, 7) is 1.65.